The van der Waals surface area contributed by atoms with Crippen molar-refractivity contribution in [3.63, 3.8) is 0 Å². The van der Waals surface area contributed by atoms with Gasteiger partial charge in [-0.3, -0.25) is 0 Å². The summed E-state index contributed by atoms with van der Waals surface area (Å²) in [6, 6.07) is 7.27. The Morgan fingerprint density at radius 3 is 3.04 bits per heavy atom. The van der Waals surface area contributed by atoms with Crippen LogP contribution in [0.15, 0.2) is 30.6 Å². The minimum atomic E-state index is -0.184. The number of rotatable bonds is 4. The molecule has 1 aromatic carbocycles. The number of carbonyl (C=O) groups excluding carboxylic acids is 1. The number of hydrogen-bond acceptors (Lipinski definition) is 4. The topological polar surface area (TPSA) is 83.3 Å². The van der Waals surface area contributed by atoms with Gasteiger partial charge >= 0.3 is 6.03 Å². The van der Waals surface area contributed by atoms with Crippen LogP contribution in [0, 0.1) is 0 Å². The lowest BCUT2D eigenvalue weighted by Crippen LogP contribution is -2.40. The van der Waals surface area contributed by atoms with Crippen LogP contribution < -0.4 is 5.32 Å². The molecule has 122 valence electrons. The van der Waals surface area contributed by atoms with Crippen LogP contribution in [0.3, 0.4) is 0 Å². The van der Waals surface area contributed by atoms with Crippen LogP contribution in [-0.2, 0) is 6.54 Å². The third kappa shape index (κ3) is 3.05. The summed E-state index contributed by atoms with van der Waals surface area (Å²) in [5, 5.41) is 20.4. The molecule has 0 bridgehead atoms. The third-order valence-corrected chi connectivity index (χ3v) is 4.21. The molecule has 1 aliphatic rings. The summed E-state index contributed by atoms with van der Waals surface area (Å²) in [6.45, 7) is 3.44. The van der Waals surface area contributed by atoms with Crippen molar-refractivity contribution >= 4 is 11.7 Å². The SMILES string of the molecule is CCn1cnnc1-c1ccccc1NC(=O)N1CCC[C@@H]1CO. The minimum absolute atomic E-state index is 0.000766. The number of aromatic nitrogens is 3. The molecule has 1 atom stereocenters. The van der Waals surface area contributed by atoms with Gasteiger partial charge in [-0.2, -0.15) is 0 Å². The van der Waals surface area contributed by atoms with Gasteiger partial charge in [0.25, 0.3) is 0 Å². The minimum Gasteiger partial charge on any atom is -0.394 e. The van der Waals surface area contributed by atoms with Crippen molar-refractivity contribution in [1.29, 1.82) is 0 Å². The molecule has 2 aromatic rings. The predicted octanol–water partition coefficient (Wildman–Crippen LogP) is 1.95. The number of aryl methyl sites for hydroxylation is 1. The van der Waals surface area contributed by atoms with Crippen molar-refractivity contribution in [2.24, 2.45) is 0 Å². The van der Waals surface area contributed by atoms with Gasteiger partial charge in [0.15, 0.2) is 5.82 Å². The zero-order valence-corrected chi connectivity index (χ0v) is 13.1. The fourth-order valence-corrected chi connectivity index (χ4v) is 2.96. The van der Waals surface area contributed by atoms with E-state index in [1.165, 1.54) is 0 Å². The molecule has 0 radical (unpaired) electrons. The second-order valence-electron chi connectivity index (χ2n) is 5.59. The van der Waals surface area contributed by atoms with E-state index in [4.69, 9.17) is 0 Å². The number of carbonyl (C=O) groups is 1. The van der Waals surface area contributed by atoms with Crippen LogP contribution in [0.2, 0.25) is 0 Å². The van der Waals surface area contributed by atoms with E-state index < -0.39 is 0 Å². The molecule has 2 N–H and O–H groups in total. The average Bonchev–Trinajstić information content (AvgIpc) is 3.23. The van der Waals surface area contributed by atoms with E-state index in [1.807, 2.05) is 35.8 Å². The Morgan fingerprint density at radius 2 is 2.26 bits per heavy atom. The normalized spacial score (nSPS) is 17.5. The number of amides is 2. The largest absolute Gasteiger partial charge is 0.394 e. The zero-order chi connectivity index (χ0) is 16.2. The van der Waals surface area contributed by atoms with Crippen LogP contribution >= 0.6 is 0 Å². The highest BCUT2D eigenvalue weighted by atomic mass is 16.3. The molecule has 7 heteroatoms. The average molecular weight is 315 g/mol. The Hall–Kier alpha value is -2.41. The maximum atomic E-state index is 12.5. The van der Waals surface area contributed by atoms with Crippen LogP contribution in [-0.4, -0.2) is 50.0 Å². The second-order valence-corrected chi connectivity index (χ2v) is 5.59. The first-order valence-electron chi connectivity index (χ1n) is 7.90. The number of benzene rings is 1. The summed E-state index contributed by atoms with van der Waals surface area (Å²) >= 11 is 0. The Kier molecular flexibility index (Phi) is 4.57. The summed E-state index contributed by atoms with van der Waals surface area (Å²) in [6.07, 6.45) is 3.44. The lowest BCUT2D eigenvalue weighted by molar-refractivity contribution is 0.166. The highest BCUT2D eigenvalue weighted by Gasteiger charge is 2.28. The molecule has 0 saturated carbocycles. The molecule has 1 aliphatic heterocycles. The van der Waals surface area contributed by atoms with Crippen molar-refractivity contribution in [1.82, 2.24) is 19.7 Å². The summed E-state index contributed by atoms with van der Waals surface area (Å²) < 4.78 is 1.93. The van der Waals surface area contributed by atoms with E-state index in [9.17, 15) is 9.90 Å². The molecule has 7 nitrogen and oxygen atoms in total. The standard InChI is InChI=1S/C16H21N5O2/c1-2-20-11-17-19-15(20)13-7-3-4-8-14(13)18-16(23)21-9-5-6-12(21)10-22/h3-4,7-8,11-12,22H,2,5-6,9-10H2,1H3,(H,18,23)/t12-/m1/s1. The maximum Gasteiger partial charge on any atom is 0.322 e. The van der Waals surface area contributed by atoms with E-state index in [-0.39, 0.29) is 18.7 Å². The number of aliphatic hydroxyl groups excluding tert-OH is 1. The van der Waals surface area contributed by atoms with E-state index in [0.717, 1.165) is 30.8 Å². The van der Waals surface area contributed by atoms with E-state index in [0.29, 0.717) is 12.2 Å². The number of anilines is 1. The van der Waals surface area contributed by atoms with Crippen LogP contribution in [0.25, 0.3) is 11.4 Å². The van der Waals surface area contributed by atoms with E-state index in [2.05, 4.69) is 15.5 Å². The number of hydrogen-bond donors (Lipinski definition) is 2. The molecule has 0 aliphatic carbocycles. The van der Waals surface area contributed by atoms with Gasteiger partial charge in [-0.25, -0.2) is 4.79 Å². The Morgan fingerprint density at radius 1 is 1.43 bits per heavy atom. The Labute approximate surface area is 134 Å². The molecular formula is C16H21N5O2. The van der Waals surface area contributed by atoms with Gasteiger partial charge in [-0.05, 0) is 31.9 Å². The van der Waals surface area contributed by atoms with Crippen molar-refractivity contribution in [2.75, 3.05) is 18.5 Å². The lowest BCUT2D eigenvalue weighted by atomic mass is 10.1. The fraction of sp³-hybridized carbons (Fsp3) is 0.438. The predicted molar refractivity (Wildman–Crippen MR) is 87.0 cm³/mol. The molecule has 2 amide bonds. The quantitative estimate of drug-likeness (QED) is 0.903. The van der Waals surface area contributed by atoms with Gasteiger partial charge in [0.1, 0.15) is 6.33 Å². The number of nitrogens with one attached hydrogen (secondary N) is 1. The summed E-state index contributed by atoms with van der Waals surface area (Å²) in [5.74, 6) is 0.725. The highest BCUT2D eigenvalue weighted by Crippen LogP contribution is 2.27. The first-order valence-corrected chi connectivity index (χ1v) is 7.90. The summed E-state index contributed by atoms with van der Waals surface area (Å²) in [7, 11) is 0. The molecule has 2 heterocycles. The van der Waals surface area contributed by atoms with Gasteiger partial charge < -0.3 is 19.9 Å². The van der Waals surface area contributed by atoms with Crippen LogP contribution in [0.4, 0.5) is 10.5 Å². The van der Waals surface area contributed by atoms with Gasteiger partial charge in [0.05, 0.1) is 18.3 Å². The number of nitrogens with zero attached hydrogens (tertiary/aromatic N) is 4. The molecule has 0 unspecified atom stereocenters. The van der Waals surface area contributed by atoms with Crippen molar-refractivity contribution in [3.8, 4) is 11.4 Å². The number of likely N-dealkylation sites (tertiary alicyclic amines) is 1. The van der Waals surface area contributed by atoms with Crippen LogP contribution in [0.5, 0.6) is 0 Å². The van der Waals surface area contributed by atoms with Crippen LogP contribution in [0.1, 0.15) is 19.8 Å². The number of para-hydroxylation sites is 1. The van der Waals surface area contributed by atoms with Gasteiger partial charge in [-0.15, -0.1) is 10.2 Å². The lowest BCUT2D eigenvalue weighted by Gasteiger charge is -2.24. The molecule has 1 saturated heterocycles. The summed E-state index contributed by atoms with van der Waals surface area (Å²) in [5.41, 5.74) is 1.53. The Balaban J connectivity index is 1.85. The number of aliphatic hydroxyl groups is 1. The smallest absolute Gasteiger partial charge is 0.322 e. The highest BCUT2D eigenvalue weighted by molar-refractivity contribution is 5.94. The first kappa shape index (κ1) is 15.5. The Bertz CT molecular complexity index is 685. The van der Waals surface area contributed by atoms with Crippen molar-refractivity contribution in [2.45, 2.75) is 32.4 Å². The fourth-order valence-electron chi connectivity index (χ4n) is 2.96. The molecule has 1 aromatic heterocycles. The molecule has 3 rings (SSSR count). The maximum absolute atomic E-state index is 12.5. The molecule has 23 heavy (non-hydrogen) atoms. The van der Waals surface area contributed by atoms with Crippen molar-refractivity contribution < 1.29 is 9.90 Å². The van der Waals surface area contributed by atoms with E-state index in [1.54, 1.807) is 11.2 Å². The zero-order valence-electron chi connectivity index (χ0n) is 13.1. The molecule has 0 spiro atoms. The monoisotopic (exact) mass is 315 g/mol. The van der Waals surface area contributed by atoms with Crippen molar-refractivity contribution in [3.05, 3.63) is 30.6 Å². The van der Waals surface area contributed by atoms with E-state index >= 15 is 0 Å². The second kappa shape index (κ2) is 6.78. The molecular weight excluding hydrogens is 294 g/mol. The summed E-state index contributed by atoms with van der Waals surface area (Å²) in [4.78, 5) is 14.2. The molecule has 1 fully saturated rings. The first-order chi connectivity index (χ1) is 11.2. The number of urea groups is 1. The third-order valence-electron chi connectivity index (χ3n) is 4.21. The van der Waals surface area contributed by atoms with Gasteiger partial charge in [-0.1, -0.05) is 12.1 Å². The van der Waals surface area contributed by atoms with Gasteiger partial charge in [0.2, 0.25) is 0 Å². The van der Waals surface area contributed by atoms with Gasteiger partial charge in [0, 0.05) is 18.7 Å².